The largest absolute Gasteiger partial charge is 0.494 e. The number of carbonyl (C=O) groups is 1. The summed E-state index contributed by atoms with van der Waals surface area (Å²) in [6.07, 6.45) is 0. The van der Waals surface area contributed by atoms with E-state index in [2.05, 4.69) is 41.1 Å². The third-order valence-electron chi connectivity index (χ3n) is 6.79. The van der Waals surface area contributed by atoms with Crippen LogP contribution < -0.4 is 26.4 Å². The van der Waals surface area contributed by atoms with Crippen LogP contribution in [0.15, 0.2) is 80.7 Å². The summed E-state index contributed by atoms with van der Waals surface area (Å²) in [5.41, 5.74) is 8.14. The summed E-state index contributed by atoms with van der Waals surface area (Å²) in [4.78, 5) is 23.4. The number of fused-ring (bicyclic) bond motifs is 1. The molecule has 254 valence electrons. The van der Waals surface area contributed by atoms with Gasteiger partial charge < -0.3 is 26.4 Å². The van der Waals surface area contributed by atoms with E-state index in [1.807, 2.05) is 13.0 Å². The van der Waals surface area contributed by atoms with Gasteiger partial charge in [-0.3, -0.25) is 13.9 Å². The number of nitrogens with one attached hydrogen (secondary N) is 3. The van der Waals surface area contributed by atoms with Gasteiger partial charge >= 0.3 is 0 Å². The molecule has 0 saturated heterocycles. The Morgan fingerprint density at radius 3 is 2.12 bits per heavy atom. The van der Waals surface area contributed by atoms with Gasteiger partial charge in [0.25, 0.3) is 20.2 Å². The highest BCUT2D eigenvalue weighted by molar-refractivity contribution is 7.86. The van der Waals surface area contributed by atoms with Crippen molar-refractivity contribution in [2.45, 2.75) is 23.6 Å². The monoisotopic (exact) mass is 727 g/mol. The molecule has 0 spiro atoms. The molecule has 0 fully saturated rings. The number of hydrogen-bond acceptors (Lipinski definition) is 14. The molecule has 4 aromatic carbocycles. The van der Waals surface area contributed by atoms with Crippen molar-refractivity contribution < 1.29 is 35.5 Å². The third-order valence-corrected chi connectivity index (χ3v) is 8.76. The van der Waals surface area contributed by atoms with Crippen LogP contribution in [0.5, 0.6) is 5.75 Å². The minimum Gasteiger partial charge on any atom is -0.494 e. The quantitative estimate of drug-likeness (QED) is 0.0553. The van der Waals surface area contributed by atoms with Crippen LogP contribution >= 0.6 is 11.6 Å². The summed E-state index contributed by atoms with van der Waals surface area (Å²) in [5, 5.41) is 16.1. The molecule has 49 heavy (non-hydrogen) atoms. The molecule has 17 nitrogen and oxygen atoms in total. The molecular weight excluding hydrogens is 702 g/mol. The van der Waals surface area contributed by atoms with Gasteiger partial charge in [-0.15, -0.1) is 5.11 Å². The Bertz CT molecular complexity index is 2390. The number of aromatic nitrogens is 3. The molecule has 0 radical (unpaired) electrons. The van der Waals surface area contributed by atoms with E-state index in [1.54, 1.807) is 12.1 Å². The zero-order valence-electron chi connectivity index (χ0n) is 25.6. The second-order valence-corrected chi connectivity index (χ2v) is 13.4. The predicted octanol–water partition coefficient (Wildman–Crippen LogP) is 5.93. The summed E-state index contributed by atoms with van der Waals surface area (Å²) in [5.74, 6) is -0.278. The average Bonchev–Trinajstić information content (AvgIpc) is 3.00. The van der Waals surface area contributed by atoms with Crippen LogP contribution in [0.3, 0.4) is 0 Å². The number of para-hydroxylation sites is 1. The van der Waals surface area contributed by atoms with E-state index < -0.39 is 35.9 Å². The summed E-state index contributed by atoms with van der Waals surface area (Å²) in [7, 11) is -8.35. The number of carbonyl (C=O) groups excluding carboxylic acids is 1. The van der Waals surface area contributed by atoms with E-state index >= 15 is 0 Å². The first-order valence-electron chi connectivity index (χ1n) is 13.8. The maximum atomic E-state index is 12.2. The Hall–Kier alpha value is -5.47. The van der Waals surface area contributed by atoms with Crippen molar-refractivity contribution in [3.63, 3.8) is 0 Å². The molecule has 1 amide bonds. The topological polar surface area (TPSA) is 261 Å². The van der Waals surface area contributed by atoms with E-state index in [9.17, 15) is 30.7 Å². The summed E-state index contributed by atoms with van der Waals surface area (Å²) in [6, 6.07) is 13.8. The standard InChI is InChI=1S/C29H26ClN9O8S2/c1-14-6-4-8-19(26(14)31)33-28-35-27(30)36-29(37-28)34-22-12-20(32-15(2)40)21(13-23(22)47-3)39-38-16-10-18-17(25(11-16)49(44,45)46)7-5-9-24(18)48(41,42)43/h4-13H,31H2,1-3H3,(H,32,40)(H,41,42,43)(H,44,45,46)(H2,33,34,35,36,37). The first-order valence-corrected chi connectivity index (χ1v) is 17.0. The van der Waals surface area contributed by atoms with Gasteiger partial charge in [0.15, 0.2) is 0 Å². The Kier molecular flexibility index (Phi) is 9.65. The highest BCUT2D eigenvalue weighted by Crippen LogP contribution is 2.40. The van der Waals surface area contributed by atoms with Crippen molar-refractivity contribution in [2.75, 3.05) is 28.8 Å². The number of hydrogen-bond donors (Lipinski definition) is 6. The zero-order valence-corrected chi connectivity index (χ0v) is 28.0. The van der Waals surface area contributed by atoms with Crippen molar-refractivity contribution in [3.8, 4) is 5.75 Å². The van der Waals surface area contributed by atoms with Crippen molar-refractivity contribution in [2.24, 2.45) is 10.2 Å². The van der Waals surface area contributed by atoms with Crippen molar-refractivity contribution in [1.82, 2.24) is 15.0 Å². The lowest BCUT2D eigenvalue weighted by atomic mass is 10.1. The molecule has 0 bridgehead atoms. The van der Waals surface area contributed by atoms with Crippen LogP contribution in [0, 0.1) is 6.92 Å². The number of methoxy groups -OCH3 is 1. The van der Waals surface area contributed by atoms with Gasteiger partial charge in [0.05, 0.1) is 35.5 Å². The smallest absolute Gasteiger partial charge is 0.295 e. The van der Waals surface area contributed by atoms with Crippen LogP contribution in [0.2, 0.25) is 5.28 Å². The van der Waals surface area contributed by atoms with Crippen molar-refractivity contribution >= 4 is 94.5 Å². The maximum Gasteiger partial charge on any atom is 0.295 e. The van der Waals surface area contributed by atoms with E-state index in [0.717, 1.165) is 23.8 Å². The molecule has 0 aliphatic rings. The van der Waals surface area contributed by atoms with Crippen LogP contribution in [0.4, 0.5) is 46.0 Å². The molecule has 1 aromatic heterocycles. The molecular formula is C29H26ClN9O8S2. The first-order chi connectivity index (χ1) is 23.0. The first kappa shape index (κ1) is 34.9. The van der Waals surface area contributed by atoms with E-state index in [1.165, 1.54) is 38.3 Å². The van der Waals surface area contributed by atoms with Gasteiger partial charge in [-0.1, -0.05) is 24.3 Å². The number of nitrogen functional groups attached to an aromatic ring is 1. The molecule has 5 rings (SSSR count). The summed E-state index contributed by atoms with van der Waals surface area (Å²) < 4.78 is 73.6. The number of azo groups is 1. The number of anilines is 6. The molecule has 20 heteroatoms. The Labute approximate surface area is 284 Å². The highest BCUT2D eigenvalue weighted by atomic mass is 35.5. The Balaban J connectivity index is 1.56. The van der Waals surface area contributed by atoms with Crippen LogP contribution in [0.25, 0.3) is 10.8 Å². The van der Waals surface area contributed by atoms with E-state index in [4.69, 9.17) is 22.1 Å². The van der Waals surface area contributed by atoms with Gasteiger partial charge in [0, 0.05) is 23.8 Å². The lowest BCUT2D eigenvalue weighted by molar-refractivity contribution is -0.114. The molecule has 5 aromatic rings. The lowest BCUT2D eigenvalue weighted by Gasteiger charge is -2.15. The fraction of sp³-hybridized carbons (Fsp3) is 0.103. The normalized spacial score (nSPS) is 11.9. The summed E-state index contributed by atoms with van der Waals surface area (Å²) in [6.45, 7) is 3.09. The maximum absolute atomic E-state index is 12.2. The summed E-state index contributed by atoms with van der Waals surface area (Å²) >= 11 is 6.17. The van der Waals surface area contributed by atoms with E-state index in [0.29, 0.717) is 11.4 Å². The van der Waals surface area contributed by atoms with Crippen LogP contribution in [-0.2, 0) is 25.0 Å². The predicted molar refractivity (Wildman–Crippen MR) is 182 cm³/mol. The molecule has 0 saturated carbocycles. The number of ether oxygens (including phenoxy) is 1. The number of nitrogens with two attached hydrogens (primary N) is 1. The van der Waals surface area contributed by atoms with Gasteiger partial charge in [-0.25, -0.2) is 0 Å². The third kappa shape index (κ3) is 7.99. The number of halogens is 1. The van der Waals surface area contributed by atoms with Gasteiger partial charge in [-0.05, 0) is 54.4 Å². The lowest BCUT2D eigenvalue weighted by Crippen LogP contribution is -2.08. The molecule has 7 N–H and O–H groups in total. The fourth-order valence-corrected chi connectivity index (χ4v) is 6.20. The van der Waals surface area contributed by atoms with E-state index in [-0.39, 0.29) is 56.5 Å². The number of nitrogens with zero attached hydrogens (tertiary/aromatic N) is 5. The van der Waals surface area contributed by atoms with Gasteiger partial charge in [0.2, 0.25) is 23.1 Å². The minimum atomic E-state index is -4.90. The number of benzene rings is 4. The average molecular weight is 728 g/mol. The molecule has 0 unspecified atom stereocenters. The molecule has 1 heterocycles. The number of rotatable bonds is 10. The van der Waals surface area contributed by atoms with Crippen LogP contribution in [-0.4, -0.2) is 53.9 Å². The fourth-order valence-electron chi connectivity index (χ4n) is 4.62. The Morgan fingerprint density at radius 1 is 0.837 bits per heavy atom. The molecule has 0 atom stereocenters. The number of aryl methyl sites for hydroxylation is 1. The highest BCUT2D eigenvalue weighted by Gasteiger charge is 2.22. The van der Waals surface area contributed by atoms with Crippen LogP contribution in [0.1, 0.15) is 12.5 Å². The van der Waals surface area contributed by atoms with Crippen molar-refractivity contribution in [1.29, 1.82) is 0 Å². The minimum absolute atomic E-state index is 0.0140. The molecule has 0 aliphatic heterocycles. The SMILES string of the molecule is COc1cc(N=Nc2cc(S(=O)(=O)O)c3cccc(S(=O)(=O)O)c3c2)c(NC(C)=O)cc1Nc1nc(Cl)nc(Nc2cccc(C)c2N)n1. The van der Waals surface area contributed by atoms with Crippen molar-refractivity contribution in [3.05, 3.63) is 71.5 Å². The second-order valence-electron chi connectivity index (χ2n) is 10.2. The number of amides is 1. The molecule has 0 aliphatic carbocycles. The zero-order chi connectivity index (χ0) is 35.7. The Morgan fingerprint density at radius 2 is 1.49 bits per heavy atom. The van der Waals surface area contributed by atoms with Gasteiger partial charge in [-0.2, -0.15) is 36.9 Å². The second kappa shape index (κ2) is 13.6. The van der Waals surface area contributed by atoms with Gasteiger partial charge in [0.1, 0.15) is 21.2 Å².